The maximum absolute atomic E-state index is 14.2. The summed E-state index contributed by atoms with van der Waals surface area (Å²) >= 11 is 3.14. The van der Waals surface area contributed by atoms with Gasteiger partial charge in [-0.3, -0.25) is 0 Å². The minimum absolute atomic E-state index is 0.166. The molecular weight excluding hydrogens is 284 g/mol. The minimum Gasteiger partial charge on any atom is -0.246 e. The van der Waals surface area contributed by atoms with Crippen molar-refractivity contribution < 1.29 is 4.39 Å². The second-order valence-corrected chi connectivity index (χ2v) is 4.85. The fourth-order valence-electron chi connectivity index (χ4n) is 2.19. The lowest BCUT2D eigenvalue weighted by Crippen LogP contribution is -2.17. The minimum atomic E-state index is -1.92. The number of fused-ring (bicyclic) bond motifs is 1. The number of alkyl halides is 1. The molecule has 1 aliphatic heterocycles. The molecule has 3 rings (SSSR count). The molecule has 0 aliphatic carbocycles. The summed E-state index contributed by atoms with van der Waals surface area (Å²) in [6.45, 7) is 0. The van der Waals surface area contributed by atoms with E-state index in [9.17, 15) is 4.39 Å². The van der Waals surface area contributed by atoms with E-state index in [4.69, 9.17) is 7.85 Å². The second kappa shape index (κ2) is 3.66. The lowest BCUT2D eigenvalue weighted by Gasteiger charge is -2.13. The Hall–Kier alpha value is -1.17. The molecule has 2 aromatic rings. The smallest absolute Gasteiger partial charge is 0.217 e. The molecule has 0 spiro atoms. The number of halogens is 2. The van der Waals surface area contributed by atoms with Gasteiger partial charge in [-0.15, -0.1) is 5.10 Å². The molecule has 0 N–H and O–H groups in total. The third-order valence-corrected chi connectivity index (χ3v) is 3.28. The Morgan fingerprint density at radius 1 is 1.41 bits per heavy atom. The molecule has 2 atom stereocenters. The van der Waals surface area contributed by atoms with E-state index >= 15 is 0 Å². The van der Waals surface area contributed by atoms with Crippen LogP contribution in [0.15, 0.2) is 35.1 Å². The summed E-state index contributed by atoms with van der Waals surface area (Å²) in [5.41, 5.74) is -0.935. The van der Waals surface area contributed by atoms with E-state index in [2.05, 4.69) is 26.0 Å². The van der Waals surface area contributed by atoms with Crippen molar-refractivity contribution in [1.82, 2.24) is 14.8 Å². The Bertz CT molecular complexity index is 555. The summed E-state index contributed by atoms with van der Waals surface area (Å²) < 4.78 is 16.1. The first-order valence-corrected chi connectivity index (χ1v) is 6.02. The summed E-state index contributed by atoms with van der Waals surface area (Å²) in [5, 5.41) is 4.15. The SMILES string of the molecule is [B][C@]1(F)C[C@@H](c2ccccc2)n2nc(Br)nc21. The standard InChI is InChI=1S/C11H8BBrFN3/c12-11(14)6-8(7-4-2-1-3-5-7)17-9(11)15-10(13)16-17/h1-5,8H,6H2/t8-,11-/m0/s1. The quantitative estimate of drug-likeness (QED) is 0.755. The molecular formula is C11H8BBrFN3. The van der Waals surface area contributed by atoms with Crippen molar-refractivity contribution >= 4 is 23.8 Å². The van der Waals surface area contributed by atoms with Gasteiger partial charge in [0.15, 0.2) is 5.82 Å². The third-order valence-electron chi connectivity index (χ3n) is 2.95. The number of aromatic nitrogens is 3. The molecule has 0 unspecified atom stereocenters. The summed E-state index contributed by atoms with van der Waals surface area (Å²) in [4.78, 5) is 3.99. The van der Waals surface area contributed by atoms with Crippen LogP contribution in [0, 0.1) is 0 Å². The highest BCUT2D eigenvalue weighted by atomic mass is 79.9. The highest BCUT2D eigenvalue weighted by molar-refractivity contribution is 9.10. The van der Waals surface area contributed by atoms with Crippen LogP contribution in [0.2, 0.25) is 0 Å². The van der Waals surface area contributed by atoms with Gasteiger partial charge in [-0.2, -0.15) is 0 Å². The molecule has 1 aromatic carbocycles. The molecule has 0 fully saturated rings. The zero-order valence-corrected chi connectivity index (χ0v) is 10.4. The number of benzene rings is 1. The predicted molar refractivity (Wildman–Crippen MR) is 65.5 cm³/mol. The third kappa shape index (κ3) is 1.71. The van der Waals surface area contributed by atoms with Crippen LogP contribution in [0.3, 0.4) is 0 Å². The lowest BCUT2D eigenvalue weighted by atomic mass is 9.79. The fraction of sp³-hybridized carbons (Fsp3) is 0.273. The average molecular weight is 292 g/mol. The van der Waals surface area contributed by atoms with Crippen molar-refractivity contribution in [2.75, 3.05) is 0 Å². The number of rotatable bonds is 1. The molecule has 0 amide bonds. The Labute approximate surface area is 108 Å². The van der Waals surface area contributed by atoms with Gasteiger partial charge < -0.3 is 0 Å². The Kier molecular flexibility index (Phi) is 2.36. The molecule has 3 nitrogen and oxygen atoms in total. The van der Waals surface area contributed by atoms with Crippen LogP contribution >= 0.6 is 15.9 Å². The van der Waals surface area contributed by atoms with Crippen LogP contribution in [0.25, 0.3) is 0 Å². The zero-order chi connectivity index (χ0) is 12.0. The van der Waals surface area contributed by atoms with Gasteiger partial charge in [0.05, 0.1) is 6.04 Å². The van der Waals surface area contributed by atoms with Gasteiger partial charge in [0.25, 0.3) is 0 Å². The second-order valence-electron chi connectivity index (χ2n) is 4.14. The van der Waals surface area contributed by atoms with E-state index in [0.29, 0.717) is 4.73 Å². The first kappa shape index (κ1) is 11.0. The maximum atomic E-state index is 14.2. The van der Waals surface area contributed by atoms with Crippen LogP contribution in [0.5, 0.6) is 0 Å². The Morgan fingerprint density at radius 3 is 2.82 bits per heavy atom. The summed E-state index contributed by atoms with van der Waals surface area (Å²) in [6.07, 6.45) is 0.166. The van der Waals surface area contributed by atoms with Crippen LogP contribution < -0.4 is 0 Å². The predicted octanol–water partition coefficient (Wildman–Crippen LogP) is 2.32. The van der Waals surface area contributed by atoms with Gasteiger partial charge in [0.1, 0.15) is 13.4 Å². The van der Waals surface area contributed by atoms with E-state index in [1.807, 2.05) is 30.3 Å². The molecule has 17 heavy (non-hydrogen) atoms. The van der Waals surface area contributed by atoms with E-state index in [-0.39, 0.29) is 18.3 Å². The van der Waals surface area contributed by atoms with Crippen LogP contribution in [-0.2, 0) is 5.57 Å². The number of hydrogen-bond acceptors (Lipinski definition) is 2. The van der Waals surface area contributed by atoms with Gasteiger partial charge in [-0.1, -0.05) is 30.3 Å². The highest BCUT2D eigenvalue weighted by Crippen LogP contribution is 2.42. The first-order valence-electron chi connectivity index (χ1n) is 5.23. The van der Waals surface area contributed by atoms with Crippen LogP contribution in [-0.4, -0.2) is 22.6 Å². The summed E-state index contributed by atoms with van der Waals surface area (Å²) in [6, 6.07) is 9.42. The van der Waals surface area contributed by atoms with E-state index < -0.39 is 5.57 Å². The molecule has 6 heteroatoms. The van der Waals surface area contributed by atoms with E-state index in [1.165, 1.54) is 0 Å². The lowest BCUT2D eigenvalue weighted by molar-refractivity contribution is 0.269. The zero-order valence-electron chi connectivity index (χ0n) is 8.85. The van der Waals surface area contributed by atoms with Gasteiger partial charge in [-0.25, -0.2) is 14.1 Å². The molecule has 1 aromatic heterocycles. The summed E-state index contributed by atoms with van der Waals surface area (Å²) in [7, 11) is 5.62. The summed E-state index contributed by atoms with van der Waals surface area (Å²) in [5.74, 6) is 0.179. The Balaban J connectivity index is 2.11. The first-order chi connectivity index (χ1) is 8.08. The number of hydrogen-bond donors (Lipinski definition) is 0. The number of nitrogens with zero attached hydrogens (tertiary/aromatic N) is 3. The normalized spacial score (nSPS) is 27.1. The van der Waals surface area contributed by atoms with Crippen molar-refractivity contribution in [3.63, 3.8) is 0 Å². The van der Waals surface area contributed by atoms with Crippen molar-refractivity contribution in [2.45, 2.75) is 18.0 Å². The molecule has 0 bridgehead atoms. The molecule has 2 radical (unpaired) electrons. The average Bonchev–Trinajstić information content (AvgIpc) is 2.79. The van der Waals surface area contributed by atoms with Gasteiger partial charge in [0.2, 0.25) is 4.73 Å². The molecule has 84 valence electrons. The molecule has 0 saturated carbocycles. The largest absolute Gasteiger partial charge is 0.246 e. The highest BCUT2D eigenvalue weighted by Gasteiger charge is 2.43. The van der Waals surface area contributed by atoms with Crippen molar-refractivity contribution in [3.05, 3.63) is 46.5 Å². The molecule has 0 saturated heterocycles. The fourth-order valence-corrected chi connectivity index (χ4v) is 2.53. The van der Waals surface area contributed by atoms with Crippen molar-refractivity contribution in [3.8, 4) is 0 Å². The monoisotopic (exact) mass is 291 g/mol. The van der Waals surface area contributed by atoms with Crippen LogP contribution in [0.4, 0.5) is 4.39 Å². The van der Waals surface area contributed by atoms with Gasteiger partial charge in [0, 0.05) is 6.42 Å². The Morgan fingerprint density at radius 2 is 2.12 bits per heavy atom. The van der Waals surface area contributed by atoms with Crippen molar-refractivity contribution in [1.29, 1.82) is 0 Å². The van der Waals surface area contributed by atoms with Gasteiger partial charge >= 0.3 is 0 Å². The topological polar surface area (TPSA) is 30.7 Å². The van der Waals surface area contributed by atoms with E-state index in [0.717, 1.165) is 5.56 Å². The van der Waals surface area contributed by atoms with Crippen LogP contribution in [0.1, 0.15) is 23.9 Å². The maximum Gasteiger partial charge on any atom is 0.217 e. The van der Waals surface area contributed by atoms with E-state index in [1.54, 1.807) is 4.68 Å². The van der Waals surface area contributed by atoms with Crippen molar-refractivity contribution in [2.24, 2.45) is 0 Å². The van der Waals surface area contributed by atoms with Gasteiger partial charge in [-0.05, 0) is 21.5 Å². The molecule has 1 aliphatic rings. The molecule has 2 heterocycles.